The van der Waals surface area contributed by atoms with Crippen LogP contribution in [0.4, 0.5) is 0 Å². The van der Waals surface area contributed by atoms with E-state index in [-0.39, 0.29) is 49.6 Å². The summed E-state index contributed by atoms with van der Waals surface area (Å²) in [4.78, 5) is 57.9. The largest absolute Gasteiger partial charge is 0.465 e. The van der Waals surface area contributed by atoms with Crippen molar-refractivity contribution >= 4 is 110 Å². The van der Waals surface area contributed by atoms with Crippen LogP contribution >= 0.6 is 86.4 Å². The van der Waals surface area contributed by atoms with E-state index in [1.54, 1.807) is 43.2 Å². The molecule has 0 spiro atoms. The van der Waals surface area contributed by atoms with Crippen LogP contribution in [0.3, 0.4) is 0 Å². The molecule has 0 aromatic carbocycles. The molecule has 0 N–H and O–H groups in total. The van der Waals surface area contributed by atoms with Crippen molar-refractivity contribution in [2.75, 3.05) is 132 Å². The number of hydrogen-bond donors (Lipinski definition) is 0. The Kier molecular flexibility index (Phi) is 63.7. The van der Waals surface area contributed by atoms with E-state index in [0.717, 1.165) is 136 Å². The Hall–Kier alpha value is -0.480. The molecule has 11 nitrogen and oxygen atoms in total. The molecule has 19 heteroatoms. The monoisotopic (exact) mass is 1240 g/mol. The molecule has 0 aromatic heterocycles. The lowest BCUT2D eigenvalue weighted by atomic mass is 10.2. The maximum atomic E-state index is 12.8. The minimum absolute atomic E-state index is 0.206. The molecule has 0 bridgehead atoms. The van der Waals surface area contributed by atoms with Crippen molar-refractivity contribution in [2.45, 2.75) is 169 Å². The molecule has 0 aliphatic carbocycles. The van der Waals surface area contributed by atoms with Crippen LogP contribution in [0.1, 0.15) is 169 Å². The van der Waals surface area contributed by atoms with Gasteiger partial charge in [-0.15, -0.1) is 0 Å². The second-order valence-corrected chi connectivity index (χ2v) is 29.5. The van der Waals surface area contributed by atoms with E-state index in [0.29, 0.717) is 52.6 Å². The van der Waals surface area contributed by atoms with Crippen LogP contribution in [0.25, 0.3) is 0 Å². The maximum absolute atomic E-state index is 12.8. The lowest BCUT2D eigenvalue weighted by molar-refractivity contribution is -0.145. The Morgan fingerprint density at radius 1 is 0.308 bits per heavy atom. The average Bonchev–Trinajstić information content (AvgIpc) is 3.43. The van der Waals surface area contributed by atoms with Gasteiger partial charge in [0.1, 0.15) is 26.4 Å². The lowest BCUT2D eigenvalue weighted by Gasteiger charge is -2.25. The van der Waals surface area contributed by atoms with Crippen molar-refractivity contribution in [3.05, 3.63) is 48.6 Å². The van der Waals surface area contributed by atoms with Gasteiger partial charge in [0.05, 0.1) is 25.7 Å². The van der Waals surface area contributed by atoms with Crippen LogP contribution in [-0.4, -0.2) is 170 Å². The van der Waals surface area contributed by atoms with E-state index >= 15 is 0 Å². The topological polar surface area (TPSA) is 115 Å². The molecule has 0 unspecified atom stereocenters. The molecule has 0 atom stereocenters. The van der Waals surface area contributed by atoms with Gasteiger partial charge in [0, 0.05) is 72.2 Å². The number of hydrogen-bond acceptors (Lipinski definition) is 19. The zero-order valence-corrected chi connectivity index (χ0v) is 55.7. The molecule has 78 heavy (non-hydrogen) atoms. The van der Waals surface area contributed by atoms with Crippen molar-refractivity contribution in [1.29, 1.82) is 0 Å². The lowest BCUT2D eigenvalue weighted by Crippen LogP contribution is -2.34. The number of allylic oxidation sites excluding steroid dienone is 8. The zero-order valence-electron chi connectivity index (χ0n) is 49.2. The van der Waals surface area contributed by atoms with Gasteiger partial charge in [0.25, 0.3) is 0 Å². The minimum atomic E-state index is -0.206. The quantitative estimate of drug-likeness (QED) is 0.0189. The highest BCUT2D eigenvalue weighted by Crippen LogP contribution is 2.25. The number of carbonyl (C=O) groups excluding carboxylic acids is 4. The van der Waals surface area contributed by atoms with Crippen molar-refractivity contribution < 1.29 is 38.1 Å². The fourth-order valence-corrected chi connectivity index (χ4v) is 15.2. The molecule has 0 aliphatic rings. The van der Waals surface area contributed by atoms with Crippen LogP contribution in [-0.2, 0) is 38.1 Å². The van der Waals surface area contributed by atoms with Gasteiger partial charge in [0.2, 0.25) is 0 Å². The fourth-order valence-electron chi connectivity index (χ4n) is 7.26. The van der Waals surface area contributed by atoms with Crippen molar-refractivity contribution in [2.24, 2.45) is 0 Å². The second-order valence-electron chi connectivity index (χ2n) is 18.7. The number of esters is 4. The van der Waals surface area contributed by atoms with E-state index < -0.39 is 0 Å². The summed E-state index contributed by atoms with van der Waals surface area (Å²) in [6.45, 7) is 15.5. The molecule has 0 amide bonds. The van der Waals surface area contributed by atoms with Gasteiger partial charge < -0.3 is 33.6 Å². The molecule has 0 saturated carbocycles. The van der Waals surface area contributed by atoms with E-state index in [2.05, 4.69) is 98.1 Å². The Morgan fingerprint density at radius 3 is 0.795 bits per heavy atom. The molecular formula is C59H107N3O8S8. The summed E-state index contributed by atoms with van der Waals surface area (Å²) in [5.41, 5.74) is 0. The molecule has 454 valence electrons. The smallest absolute Gasteiger partial charge is 0.307 e. The number of unbranched alkanes of at least 4 members (excludes halogenated alkanes) is 8. The standard InChI is InChI=1S/C59H107N3O8S8/c1-6-10-14-18-22-26-48-71-75-52-44-67-56(63)32-40-61(41-33-57(64)68-45-53-76-72-49-27-23-19-15-11-7-2)38-30-36-60(5)37-31-39-62(42-34-58(65)69-46-54-77-73-50-28-24-20-16-12-8-3)43-35-59(66)70-47-55-78-74-51-29-25-21-17-13-9-4/h10-17H,6-9,18-55H2,1-5H3/b14-10-,15-11-,16-12-,17-13-. The summed E-state index contributed by atoms with van der Waals surface area (Å²) in [6, 6.07) is 0. The Labute approximate surface area is 508 Å². The van der Waals surface area contributed by atoms with E-state index in [1.807, 2.05) is 43.2 Å². The highest BCUT2D eigenvalue weighted by molar-refractivity contribution is 8.77. The summed E-state index contributed by atoms with van der Waals surface area (Å²) in [5, 5.41) is 0. The van der Waals surface area contributed by atoms with Gasteiger partial charge in [-0.2, -0.15) is 0 Å². The summed E-state index contributed by atoms with van der Waals surface area (Å²) in [7, 11) is 16.5. The van der Waals surface area contributed by atoms with E-state index in [9.17, 15) is 19.2 Å². The predicted octanol–water partition coefficient (Wildman–Crippen LogP) is 16.1. The van der Waals surface area contributed by atoms with E-state index in [4.69, 9.17) is 18.9 Å². The Morgan fingerprint density at radius 2 is 0.551 bits per heavy atom. The third-order valence-electron chi connectivity index (χ3n) is 11.6. The first kappa shape index (κ1) is 77.5. The second kappa shape index (κ2) is 64.1. The summed E-state index contributed by atoms with van der Waals surface area (Å²) in [5.74, 6) is 6.66. The van der Waals surface area contributed by atoms with Crippen LogP contribution in [0.5, 0.6) is 0 Å². The third-order valence-corrected chi connectivity index (χ3v) is 21.4. The van der Waals surface area contributed by atoms with Gasteiger partial charge >= 0.3 is 23.9 Å². The van der Waals surface area contributed by atoms with Gasteiger partial charge in [0.15, 0.2) is 0 Å². The number of rotatable bonds is 60. The first-order valence-corrected chi connectivity index (χ1v) is 39.5. The van der Waals surface area contributed by atoms with Gasteiger partial charge in [-0.1, -0.05) is 163 Å². The number of nitrogens with zero attached hydrogens (tertiary/aromatic N) is 3. The van der Waals surface area contributed by atoms with Crippen LogP contribution in [0, 0.1) is 0 Å². The summed E-state index contributed by atoms with van der Waals surface area (Å²) in [6.07, 6.45) is 39.3. The number of ether oxygens (including phenoxy) is 4. The molecule has 0 aliphatic heterocycles. The Balaban J connectivity index is 5.08. The number of carbonyl (C=O) groups is 4. The molecule has 0 radical (unpaired) electrons. The van der Waals surface area contributed by atoms with Crippen molar-refractivity contribution in [3.8, 4) is 0 Å². The fraction of sp³-hybridized carbons (Fsp3) is 0.797. The minimum Gasteiger partial charge on any atom is -0.465 e. The van der Waals surface area contributed by atoms with E-state index in [1.165, 1.54) is 51.4 Å². The highest BCUT2D eigenvalue weighted by Gasteiger charge is 2.16. The maximum Gasteiger partial charge on any atom is 0.307 e. The average molecular weight is 1240 g/mol. The molecule has 0 aromatic rings. The summed E-state index contributed by atoms with van der Waals surface area (Å²) >= 11 is 0. The van der Waals surface area contributed by atoms with Crippen LogP contribution in [0.15, 0.2) is 48.6 Å². The molecule has 0 saturated heterocycles. The van der Waals surface area contributed by atoms with Crippen LogP contribution in [0.2, 0.25) is 0 Å². The molecule has 0 heterocycles. The van der Waals surface area contributed by atoms with Crippen molar-refractivity contribution in [1.82, 2.24) is 14.7 Å². The first-order valence-electron chi connectivity index (χ1n) is 29.6. The first-order chi connectivity index (χ1) is 38.2. The normalized spacial score (nSPS) is 12.0. The zero-order chi connectivity index (χ0) is 56.9. The molecule has 0 rings (SSSR count). The highest BCUT2D eigenvalue weighted by atomic mass is 33.1. The molecule has 0 fully saturated rings. The third kappa shape index (κ3) is 60.1. The van der Waals surface area contributed by atoms with Gasteiger partial charge in [-0.3, -0.25) is 19.2 Å². The van der Waals surface area contributed by atoms with Gasteiger partial charge in [-0.25, -0.2) is 0 Å². The SMILES string of the molecule is CC/C=C\CCCCSSCCOC(=O)CCN(CCCN(C)CCCN(CCC(=O)OCCSSCCCC/C=C\CC)CCC(=O)OCCSSCCCC/C=C\CC)CCC(=O)OCCSSCCCC/C=C\CC. The molecular weight excluding hydrogens is 1140 g/mol. The van der Waals surface area contributed by atoms with Crippen LogP contribution < -0.4 is 0 Å². The Bertz CT molecular complexity index is 1300. The van der Waals surface area contributed by atoms with Gasteiger partial charge in [-0.05, 0) is 149 Å². The van der Waals surface area contributed by atoms with Crippen molar-refractivity contribution in [3.63, 3.8) is 0 Å². The summed E-state index contributed by atoms with van der Waals surface area (Å²) < 4.78 is 22.4. The predicted molar refractivity (Wildman–Crippen MR) is 355 cm³/mol.